The summed E-state index contributed by atoms with van der Waals surface area (Å²) < 4.78 is 0. The predicted octanol–water partition coefficient (Wildman–Crippen LogP) is 2.51. The monoisotopic (exact) mass is 272 g/mol. The van der Waals surface area contributed by atoms with E-state index in [0.717, 1.165) is 11.1 Å². The molecule has 0 aromatic heterocycles. The van der Waals surface area contributed by atoms with Crippen molar-refractivity contribution >= 4 is 11.8 Å². The molecule has 1 aliphatic heterocycles. The van der Waals surface area contributed by atoms with Gasteiger partial charge in [-0.05, 0) is 11.1 Å². The zero-order chi connectivity index (χ0) is 13.3. The van der Waals surface area contributed by atoms with E-state index in [-0.39, 0.29) is 0 Å². The van der Waals surface area contributed by atoms with Gasteiger partial charge in [-0.25, -0.2) is 0 Å². The topological polar surface area (TPSA) is 40.5 Å². The van der Waals surface area contributed by atoms with Crippen LogP contribution in [-0.2, 0) is 11.2 Å². The Balaban J connectivity index is 2.11. The van der Waals surface area contributed by atoms with Gasteiger partial charge in [-0.3, -0.25) is 0 Å². The normalized spacial score (nSPS) is 30.4. The summed E-state index contributed by atoms with van der Waals surface area (Å²) in [6.45, 7) is 0. The Labute approximate surface area is 117 Å². The van der Waals surface area contributed by atoms with Crippen LogP contribution in [0.2, 0.25) is 0 Å². The number of thioether (sulfide) groups is 1. The molecule has 0 saturated carbocycles. The van der Waals surface area contributed by atoms with Crippen LogP contribution in [0.15, 0.2) is 60.7 Å². The summed E-state index contributed by atoms with van der Waals surface area (Å²) >= 11 is 1.58. The van der Waals surface area contributed by atoms with Gasteiger partial charge < -0.3 is 10.2 Å². The van der Waals surface area contributed by atoms with Gasteiger partial charge in [0.2, 0.25) is 0 Å². The highest BCUT2D eigenvalue weighted by Crippen LogP contribution is 2.50. The highest BCUT2D eigenvalue weighted by atomic mass is 32.2. The summed E-state index contributed by atoms with van der Waals surface area (Å²) in [5, 5.41) is 22.1. The number of benzene rings is 2. The summed E-state index contributed by atoms with van der Waals surface area (Å²) in [4.78, 5) is 0. The van der Waals surface area contributed by atoms with Crippen molar-refractivity contribution in [3.8, 4) is 0 Å². The second kappa shape index (κ2) is 4.67. The molecule has 19 heavy (non-hydrogen) atoms. The van der Waals surface area contributed by atoms with Gasteiger partial charge in [-0.2, -0.15) is 11.8 Å². The summed E-state index contributed by atoms with van der Waals surface area (Å²) in [7, 11) is 0. The standard InChI is InChI=1S/C16H16O2S/c17-15(13-7-3-1-4-8-13)11-19-12-16(15,18)14-9-5-2-6-10-14/h1-10,17-18H,11-12H2. The SMILES string of the molecule is OC1(c2ccccc2)CSCC1(O)c1ccccc1. The van der Waals surface area contributed by atoms with Crippen LogP contribution in [0.4, 0.5) is 0 Å². The van der Waals surface area contributed by atoms with Crippen molar-refractivity contribution in [1.82, 2.24) is 0 Å². The molecule has 2 N–H and O–H groups in total. The lowest BCUT2D eigenvalue weighted by Gasteiger charge is -2.38. The van der Waals surface area contributed by atoms with Gasteiger partial charge in [0.05, 0.1) is 0 Å². The van der Waals surface area contributed by atoms with Crippen LogP contribution in [0.5, 0.6) is 0 Å². The molecule has 2 aromatic rings. The molecule has 2 atom stereocenters. The van der Waals surface area contributed by atoms with Gasteiger partial charge >= 0.3 is 0 Å². The highest BCUT2D eigenvalue weighted by molar-refractivity contribution is 7.99. The molecule has 0 bridgehead atoms. The Kier molecular flexibility index (Phi) is 3.13. The van der Waals surface area contributed by atoms with Crippen LogP contribution in [0.3, 0.4) is 0 Å². The molecule has 0 spiro atoms. The van der Waals surface area contributed by atoms with Gasteiger partial charge in [-0.1, -0.05) is 60.7 Å². The van der Waals surface area contributed by atoms with Gasteiger partial charge in [0.25, 0.3) is 0 Å². The van der Waals surface area contributed by atoms with E-state index in [1.54, 1.807) is 11.8 Å². The van der Waals surface area contributed by atoms with Crippen molar-refractivity contribution < 1.29 is 10.2 Å². The van der Waals surface area contributed by atoms with E-state index in [4.69, 9.17) is 0 Å². The number of rotatable bonds is 2. The Hall–Kier alpha value is -1.29. The van der Waals surface area contributed by atoms with E-state index in [9.17, 15) is 10.2 Å². The van der Waals surface area contributed by atoms with E-state index in [2.05, 4.69) is 0 Å². The summed E-state index contributed by atoms with van der Waals surface area (Å²) in [6, 6.07) is 18.9. The van der Waals surface area contributed by atoms with Crippen LogP contribution in [-0.4, -0.2) is 21.7 Å². The minimum absolute atomic E-state index is 0.502. The zero-order valence-electron chi connectivity index (χ0n) is 10.5. The van der Waals surface area contributed by atoms with Crippen LogP contribution >= 0.6 is 11.8 Å². The van der Waals surface area contributed by atoms with Crippen LogP contribution in [0.1, 0.15) is 11.1 Å². The lowest BCUT2D eigenvalue weighted by molar-refractivity contribution is -0.129. The molecule has 1 fully saturated rings. The van der Waals surface area contributed by atoms with Crippen molar-refractivity contribution in [2.75, 3.05) is 11.5 Å². The third kappa shape index (κ3) is 1.89. The fourth-order valence-electron chi connectivity index (χ4n) is 2.66. The van der Waals surface area contributed by atoms with Crippen LogP contribution < -0.4 is 0 Å². The maximum Gasteiger partial charge on any atom is 0.132 e. The lowest BCUT2D eigenvalue weighted by Crippen LogP contribution is -2.48. The third-order valence-electron chi connectivity index (χ3n) is 3.81. The van der Waals surface area contributed by atoms with Gasteiger partial charge in [-0.15, -0.1) is 0 Å². The molecular formula is C16H16O2S. The molecule has 0 aliphatic carbocycles. The molecule has 3 heteroatoms. The number of hydrogen-bond donors (Lipinski definition) is 2. The van der Waals surface area contributed by atoms with E-state index in [1.165, 1.54) is 0 Å². The van der Waals surface area contributed by atoms with E-state index < -0.39 is 11.2 Å². The van der Waals surface area contributed by atoms with Gasteiger partial charge in [0.1, 0.15) is 11.2 Å². The van der Waals surface area contributed by atoms with E-state index in [1.807, 2.05) is 60.7 Å². The van der Waals surface area contributed by atoms with Crippen LogP contribution in [0, 0.1) is 0 Å². The average Bonchev–Trinajstić information content (AvgIpc) is 2.79. The van der Waals surface area contributed by atoms with Crippen molar-refractivity contribution in [3.63, 3.8) is 0 Å². The minimum atomic E-state index is -1.24. The maximum absolute atomic E-state index is 11.1. The van der Waals surface area contributed by atoms with Crippen molar-refractivity contribution in [1.29, 1.82) is 0 Å². The van der Waals surface area contributed by atoms with E-state index in [0.29, 0.717) is 11.5 Å². The van der Waals surface area contributed by atoms with Gasteiger partial charge in [0.15, 0.2) is 0 Å². The molecule has 0 amide bonds. The smallest absolute Gasteiger partial charge is 0.132 e. The second-order valence-electron chi connectivity index (χ2n) is 4.95. The first-order valence-electron chi connectivity index (χ1n) is 6.30. The predicted molar refractivity (Wildman–Crippen MR) is 78.0 cm³/mol. The summed E-state index contributed by atoms with van der Waals surface area (Å²) in [5.74, 6) is 1.00. The highest BCUT2D eigenvalue weighted by Gasteiger charge is 2.55. The molecule has 1 heterocycles. The third-order valence-corrected chi connectivity index (χ3v) is 5.05. The van der Waals surface area contributed by atoms with Crippen LogP contribution in [0.25, 0.3) is 0 Å². The molecule has 0 radical (unpaired) electrons. The fourth-order valence-corrected chi connectivity index (χ4v) is 4.16. The Bertz CT molecular complexity index is 506. The lowest BCUT2D eigenvalue weighted by atomic mass is 9.76. The van der Waals surface area contributed by atoms with Crippen molar-refractivity contribution in [2.45, 2.75) is 11.2 Å². The quantitative estimate of drug-likeness (QED) is 0.882. The van der Waals surface area contributed by atoms with Gasteiger partial charge in [0, 0.05) is 11.5 Å². The molecule has 2 nitrogen and oxygen atoms in total. The van der Waals surface area contributed by atoms with Crippen molar-refractivity contribution in [3.05, 3.63) is 71.8 Å². The number of aliphatic hydroxyl groups is 2. The minimum Gasteiger partial charge on any atom is -0.381 e. The molecule has 1 saturated heterocycles. The molecule has 2 unspecified atom stereocenters. The fraction of sp³-hybridized carbons (Fsp3) is 0.250. The Morgan fingerprint density at radius 2 is 1.05 bits per heavy atom. The first-order valence-corrected chi connectivity index (χ1v) is 7.46. The largest absolute Gasteiger partial charge is 0.381 e. The molecule has 98 valence electrons. The first-order chi connectivity index (χ1) is 9.17. The zero-order valence-corrected chi connectivity index (χ0v) is 11.3. The average molecular weight is 272 g/mol. The Morgan fingerprint density at radius 1 is 0.684 bits per heavy atom. The first kappa shape index (κ1) is 12.7. The summed E-state index contributed by atoms with van der Waals surface area (Å²) in [6.07, 6.45) is 0. The molecule has 2 aromatic carbocycles. The van der Waals surface area contributed by atoms with Crippen molar-refractivity contribution in [2.24, 2.45) is 0 Å². The molecule has 1 aliphatic rings. The summed E-state index contributed by atoms with van der Waals surface area (Å²) in [5.41, 5.74) is -0.932. The second-order valence-corrected chi connectivity index (χ2v) is 5.93. The Morgan fingerprint density at radius 3 is 1.42 bits per heavy atom. The number of hydrogen-bond acceptors (Lipinski definition) is 3. The molecular weight excluding hydrogens is 256 g/mol. The maximum atomic E-state index is 11.1. The molecule has 3 rings (SSSR count). The van der Waals surface area contributed by atoms with E-state index >= 15 is 0 Å².